The molecule has 9 aromatic heterocycles. The van der Waals surface area contributed by atoms with E-state index in [0.717, 1.165) is 254 Å². The van der Waals surface area contributed by atoms with Gasteiger partial charge in [-0.15, -0.1) is 0 Å². The van der Waals surface area contributed by atoms with Gasteiger partial charge in [0.25, 0.3) is 35.4 Å². The Morgan fingerprint density at radius 1 is 0.324 bits per heavy atom. The summed E-state index contributed by atoms with van der Waals surface area (Å²) in [5, 5.41) is 45.9. The minimum absolute atomic E-state index is 0.0901. The second-order valence-corrected chi connectivity index (χ2v) is 44.4. The van der Waals surface area contributed by atoms with Crippen molar-refractivity contribution < 1.29 is 60.7 Å². The van der Waals surface area contributed by atoms with E-state index in [9.17, 15) is 33.6 Å². The Kier molecular flexibility index (Phi) is 33.3. The molecule has 9 saturated heterocycles. The second-order valence-electron chi connectivity index (χ2n) is 44.4. The quantitative estimate of drug-likeness (QED) is 0.0251. The molecule has 24 rings (SSSR count). The van der Waals surface area contributed by atoms with Gasteiger partial charge in [-0.1, -0.05) is 84.6 Å². The summed E-state index contributed by atoms with van der Waals surface area (Å²) in [5.74, 6) is 9.98. The van der Waals surface area contributed by atoms with Gasteiger partial charge in [0.2, 0.25) is 5.91 Å². The van der Waals surface area contributed by atoms with E-state index in [1.54, 1.807) is 37.4 Å². The minimum Gasteiger partial charge on any atom is -0.360 e. The number of hydrogen-bond donors (Lipinski definition) is 7. The molecule has 37 heteroatoms. The van der Waals surface area contributed by atoms with E-state index in [2.05, 4.69) is 172 Å². The van der Waals surface area contributed by atoms with Crippen LogP contribution in [-0.2, 0) is 24.4 Å². The summed E-state index contributed by atoms with van der Waals surface area (Å²) in [7, 11) is 2.19. The number of carbonyl (C=O) groups is 7. The fourth-order valence-corrected chi connectivity index (χ4v) is 22.1. The Balaban J connectivity index is 0.000000110. The third-order valence-corrected chi connectivity index (χ3v) is 32.2. The summed E-state index contributed by atoms with van der Waals surface area (Å²) in [6.07, 6.45) is 29.8. The summed E-state index contributed by atoms with van der Waals surface area (Å²) in [4.78, 5) is 118. The Morgan fingerprint density at radius 2 is 0.634 bits per heavy atom. The first-order valence-corrected chi connectivity index (χ1v) is 53.7. The van der Waals surface area contributed by atoms with Crippen molar-refractivity contribution in [1.29, 1.82) is 0 Å². The zero-order valence-electron chi connectivity index (χ0n) is 85.5. The van der Waals surface area contributed by atoms with Crippen molar-refractivity contribution in [2.75, 3.05) is 125 Å². The third kappa shape index (κ3) is 28.0. The largest absolute Gasteiger partial charge is 0.360 e. The van der Waals surface area contributed by atoms with Gasteiger partial charge in [0.05, 0.1) is 5.69 Å². The lowest BCUT2D eigenvalue weighted by atomic mass is 10.0. The van der Waals surface area contributed by atoms with Crippen molar-refractivity contribution in [2.24, 2.45) is 35.5 Å². The van der Waals surface area contributed by atoms with Gasteiger partial charge in [0, 0.05) is 275 Å². The van der Waals surface area contributed by atoms with Crippen LogP contribution in [-0.4, -0.2) is 306 Å². The number of carbonyl (C=O) groups excluding carboxylic acids is 7. The highest BCUT2D eigenvalue weighted by Crippen LogP contribution is 2.45. The molecular formula is C108H148N24O13. The highest BCUT2D eigenvalue weighted by molar-refractivity contribution is 5.95. The van der Waals surface area contributed by atoms with Gasteiger partial charge in [-0.3, -0.25) is 77.9 Å². The van der Waals surface area contributed by atoms with Crippen LogP contribution in [0.1, 0.15) is 314 Å². The van der Waals surface area contributed by atoms with Gasteiger partial charge in [0.1, 0.15) is 34.6 Å². The van der Waals surface area contributed by atoms with Crippen LogP contribution in [0.3, 0.4) is 0 Å². The van der Waals surface area contributed by atoms with Crippen LogP contribution in [0.4, 0.5) is 0 Å². The van der Waals surface area contributed by atoms with Crippen molar-refractivity contribution >= 4 is 41.4 Å². The summed E-state index contributed by atoms with van der Waals surface area (Å²) in [6.45, 7) is 34.9. The SMILES string of the molecule is CC(=O)N1CCC(N2C[C@@H](C)[C@H](NC(=O)c3cc(C4CC4)on3)C2)CC1.C[C@@H]1CN(C2CCN(C)CC2)C[C@H]1NC(=O)c1cc(C2CC2)on1.C[C@@H]1CN(C2CCNCC2)C[C@H]1NC(=O)c1cc(C2CC2)on1.C[C@H]1CN(Cc2ccccn2)C[C@H]1NC(=O)c1cc(C2CC2)on1.C[C@H]1CN(Cc2cccnc2)C[C@H]1NC(=O)c1cc(C2CC2)on1.C[C@H]1CN(Cc2ccncc2)C[C@H]1NC(=O)c1cc(C2CC2)on1. The lowest BCUT2D eigenvalue weighted by molar-refractivity contribution is -0.130. The number of nitrogens with zero attached hydrogens (tertiary/aromatic N) is 17. The standard InChI is InChI=1S/C19H28N4O3.C18H28N4O2.3C18H22N4O2.C17H26N4O2/c1-12-10-23(15-5-7-22(8-6-15)13(2)24)11-17(12)20-19(25)16-9-18(26-21-16)14-3-4-14;1-12-10-22(14-5-7-21(2)8-6-14)11-16(12)19-18(23)15-9-17(24-20-15)13-3-4-13;1-12-9-22(10-13-4-6-19-7-5-13)11-16(12)20-18(23)15-8-17(24-21-15)14-2-3-14;1-12-9-22(10-13-3-2-6-19-8-13)11-16(12)20-18(23)15-7-17(24-21-15)14-4-5-14;1-12-9-22(10-14-4-2-3-7-19-14)11-16(12)20-18(23)15-8-17(24-21-15)13-5-6-13;1-11-9-21(13-4-6-18-7-5-13)10-15(11)19-17(22)14-8-16(23-20-14)12-2-3-12/h9,12,14-15,17H,3-8,10-11H2,1-2H3,(H,20,25);9,12-14,16H,3-8,10-11H2,1-2H3,(H,19,23);4-8,12,14,16H,2-3,9-11H2,1H3,(H,20,23);2-3,6-8,12,14,16H,4-5,9-11H2,1H3,(H,20,23);2-4,7-8,12-13,16H,5-6,9-11H2,1H3,(H,20,23);8,11-13,15,18H,2-7,9-10H2,1H3,(H,19,22)/t12-,17-;12-,16-;3*12-,16+;11-,15-/m110001/s1. The maximum absolute atomic E-state index is 12.5. The maximum atomic E-state index is 12.5. The molecular weight excluding hydrogens is 1840 g/mol. The molecule has 0 bridgehead atoms. The zero-order chi connectivity index (χ0) is 100. The molecule has 0 radical (unpaired) electrons. The number of aromatic nitrogens is 9. The first kappa shape index (κ1) is 102. The van der Waals surface area contributed by atoms with Crippen LogP contribution in [0.5, 0.6) is 0 Å². The Hall–Kier alpha value is -11.3. The lowest BCUT2D eigenvalue weighted by Crippen LogP contribution is -2.46. The zero-order valence-corrected chi connectivity index (χ0v) is 85.5. The van der Waals surface area contributed by atoms with Crippen molar-refractivity contribution in [1.82, 2.24) is 122 Å². The third-order valence-electron chi connectivity index (χ3n) is 32.2. The fourth-order valence-electron chi connectivity index (χ4n) is 22.1. The first-order chi connectivity index (χ1) is 70.4. The number of pyridine rings is 3. The van der Waals surface area contributed by atoms with E-state index in [0.29, 0.717) is 123 Å². The molecule has 778 valence electrons. The van der Waals surface area contributed by atoms with Crippen LogP contribution in [0.2, 0.25) is 0 Å². The molecule has 18 heterocycles. The van der Waals surface area contributed by atoms with Crippen molar-refractivity contribution in [3.05, 3.63) is 195 Å². The monoisotopic (exact) mass is 1990 g/mol. The summed E-state index contributed by atoms with van der Waals surface area (Å²) >= 11 is 0. The number of likely N-dealkylation sites (tertiary alicyclic amines) is 8. The van der Waals surface area contributed by atoms with E-state index in [1.165, 1.54) is 49.9 Å². The van der Waals surface area contributed by atoms with Gasteiger partial charge in [-0.2, -0.15) is 0 Å². The molecule has 7 amide bonds. The minimum atomic E-state index is -0.137. The smallest absolute Gasteiger partial charge is 0.273 e. The molecule has 15 aliphatic rings. The number of rotatable bonds is 27. The Bertz CT molecular complexity index is 5450. The fraction of sp³-hybridized carbons (Fsp3) is 0.630. The molecule has 7 N–H and O–H groups in total. The Morgan fingerprint density at radius 3 is 0.945 bits per heavy atom. The topological polar surface area (TPSA) is 424 Å². The van der Waals surface area contributed by atoms with Crippen LogP contribution < -0.4 is 37.2 Å². The van der Waals surface area contributed by atoms with Crippen molar-refractivity contribution in [3.8, 4) is 0 Å². The van der Waals surface area contributed by atoms with Gasteiger partial charge in [0.15, 0.2) is 34.2 Å². The van der Waals surface area contributed by atoms with Gasteiger partial charge >= 0.3 is 0 Å². The van der Waals surface area contributed by atoms with Crippen LogP contribution in [0.25, 0.3) is 0 Å². The molecule has 0 aromatic carbocycles. The molecule has 0 spiro atoms. The average molecular weight is 1990 g/mol. The molecule has 9 aliphatic heterocycles. The van der Waals surface area contributed by atoms with Gasteiger partial charge < -0.3 is 74.2 Å². The number of hydrogen-bond acceptors (Lipinski definition) is 30. The molecule has 6 saturated carbocycles. The Labute approximate surface area is 849 Å². The van der Waals surface area contributed by atoms with Gasteiger partial charge in [-0.05, 0) is 226 Å². The molecule has 6 aliphatic carbocycles. The molecule has 145 heavy (non-hydrogen) atoms. The van der Waals surface area contributed by atoms with E-state index in [-0.39, 0.29) is 77.6 Å². The molecule has 0 unspecified atom stereocenters. The van der Waals surface area contributed by atoms with E-state index in [4.69, 9.17) is 27.1 Å². The van der Waals surface area contributed by atoms with E-state index < -0.39 is 0 Å². The summed E-state index contributed by atoms with van der Waals surface area (Å²) in [6, 6.07) is 27.6. The van der Waals surface area contributed by atoms with Crippen LogP contribution in [0, 0.1) is 35.5 Å². The number of nitrogens with one attached hydrogen (secondary N) is 7. The predicted molar refractivity (Wildman–Crippen MR) is 538 cm³/mol. The van der Waals surface area contributed by atoms with Crippen molar-refractivity contribution in [2.45, 2.75) is 274 Å². The molecule has 12 atom stereocenters. The lowest BCUT2D eigenvalue weighted by Gasteiger charge is -2.36. The maximum Gasteiger partial charge on any atom is 0.273 e. The summed E-state index contributed by atoms with van der Waals surface area (Å²) < 4.78 is 31.7. The van der Waals surface area contributed by atoms with Crippen molar-refractivity contribution in [3.63, 3.8) is 0 Å². The predicted octanol–water partition coefficient (Wildman–Crippen LogP) is 11.3. The molecule has 15 fully saturated rings. The average Bonchev–Trinajstić information content (AvgIpc) is 1.67. The second kappa shape index (κ2) is 47.2. The highest BCUT2D eigenvalue weighted by Gasteiger charge is 2.44. The normalized spacial score (nSPS) is 26.7. The highest BCUT2D eigenvalue weighted by atomic mass is 16.5. The van der Waals surface area contributed by atoms with E-state index >= 15 is 0 Å². The number of piperidine rings is 3. The number of amides is 7. The molecule has 9 aromatic rings. The van der Waals surface area contributed by atoms with E-state index in [1.807, 2.05) is 78.2 Å². The van der Waals surface area contributed by atoms with Crippen LogP contribution >= 0.6 is 0 Å². The molecule has 37 nitrogen and oxygen atoms in total. The summed E-state index contributed by atoms with van der Waals surface area (Å²) in [5.41, 5.74) is 5.95. The van der Waals surface area contributed by atoms with Crippen LogP contribution in [0.15, 0.2) is 137 Å². The first-order valence-electron chi connectivity index (χ1n) is 53.7. The van der Waals surface area contributed by atoms with Gasteiger partial charge in [-0.25, -0.2) is 0 Å².